The molecular weight excluding hydrogens is 703 g/mol. The molecule has 0 aliphatic rings. The number of para-hydroxylation sites is 2. The summed E-state index contributed by atoms with van der Waals surface area (Å²) in [6.07, 6.45) is 0. The smallest absolute Gasteiger partial charge is 0.136 e. The van der Waals surface area contributed by atoms with E-state index in [4.69, 9.17) is 4.42 Å². The Kier molecular flexibility index (Phi) is 8.19. The Hall–Kier alpha value is -7.68. The van der Waals surface area contributed by atoms with Crippen LogP contribution in [0.15, 0.2) is 229 Å². The third-order valence-corrected chi connectivity index (χ3v) is 11.5. The van der Waals surface area contributed by atoms with Gasteiger partial charge in [-0.05, 0) is 115 Å². The van der Waals surface area contributed by atoms with E-state index >= 15 is 0 Å². The fourth-order valence-electron chi connectivity index (χ4n) is 8.53. The number of furan rings is 1. The average molecular weight is 740 g/mol. The molecular formula is C56H37NO. The van der Waals surface area contributed by atoms with E-state index in [-0.39, 0.29) is 0 Å². The lowest BCUT2D eigenvalue weighted by molar-refractivity contribution is 0.669. The van der Waals surface area contributed by atoms with Crippen LogP contribution in [0.3, 0.4) is 0 Å². The molecule has 0 saturated carbocycles. The molecule has 10 aromatic carbocycles. The maximum atomic E-state index is 6.25. The van der Waals surface area contributed by atoms with E-state index in [1.807, 2.05) is 12.1 Å². The summed E-state index contributed by atoms with van der Waals surface area (Å²) in [6.45, 7) is 0. The Morgan fingerprint density at radius 2 is 0.759 bits per heavy atom. The summed E-state index contributed by atoms with van der Waals surface area (Å²) in [5.41, 5.74) is 14.5. The van der Waals surface area contributed by atoms with Gasteiger partial charge in [0.15, 0.2) is 0 Å². The minimum absolute atomic E-state index is 0.900. The van der Waals surface area contributed by atoms with Crippen LogP contribution in [0.5, 0.6) is 0 Å². The second-order valence-corrected chi connectivity index (χ2v) is 14.9. The van der Waals surface area contributed by atoms with E-state index in [9.17, 15) is 0 Å². The van der Waals surface area contributed by atoms with Crippen molar-refractivity contribution in [3.63, 3.8) is 0 Å². The molecule has 0 atom stereocenters. The Balaban J connectivity index is 0.988. The molecule has 0 fully saturated rings. The number of fused-ring (bicyclic) bond motifs is 5. The normalized spacial score (nSPS) is 11.4. The monoisotopic (exact) mass is 739 g/mol. The molecule has 0 radical (unpaired) electrons. The van der Waals surface area contributed by atoms with Gasteiger partial charge in [0.2, 0.25) is 0 Å². The molecule has 0 bridgehead atoms. The molecule has 2 heteroatoms. The van der Waals surface area contributed by atoms with Gasteiger partial charge in [-0.1, -0.05) is 170 Å². The maximum absolute atomic E-state index is 6.25. The van der Waals surface area contributed by atoms with E-state index < -0.39 is 0 Å². The molecule has 0 aliphatic heterocycles. The fourth-order valence-corrected chi connectivity index (χ4v) is 8.53. The van der Waals surface area contributed by atoms with Gasteiger partial charge >= 0.3 is 0 Å². The van der Waals surface area contributed by atoms with Crippen LogP contribution in [0.25, 0.3) is 88.0 Å². The summed E-state index contributed by atoms with van der Waals surface area (Å²) < 4.78 is 6.25. The second-order valence-electron chi connectivity index (χ2n) is 14.9. The topological polar surface area (TPSA) is 16.4 Å². The molecule has 11 aromatic rings. The molecule has 0 aliphatic carbocycles. The molecule has 0 saturated heterocycles. The molecule has 272 valence electrons. The lowest BCUT2D eigenvalue weighted by Gasteiger charge is -2.28. The highest BCUT2D eigenvalue weighted by Crippen LogP contribution is 2.43. The first-order valence-electron chi connectivity index (χ1n) is 19.8. The standard InChI is InChI=1S/C56H37NO/c1-3-12-44-36-46(26-24-38(44)10-1)42-22-20-40(21-23-42)41-28-32-48(33-29-41)57(53-17-7-5-14-50(53)47-27-25-39-11-2-4-13-45(39)37-47)49-34-30-43(31-35-49)51-16-9-19-55-56(51)52-15-6-8-18-54(52)58-55/h1-37H. The third kappa shape index (κ3) is 6.00. The van der Waals surface area contributed by atoms with Crippen LogP contribution in [-0.4, -0.2) is 0 Å². The van der Waals surface area contributed by atoms with Crippen molar-refractivity contribution in [2.45, 2.75) is 0 Å². The van der Waals surface area contributed by atoms with Crippen molar-refractivity contribution in [2.24, 2.45) is 0 Å². The van der Waals surface area contributed by atoms with Crippen LogP contribution in [0, 0.1) is 0 Å². The van der Waals surface area contributed by atoms with E-state index in [0.717, 1.165) is 50.1 Å². The molecule has 2 nitrogen and oxygen atoms in total. The first-order chi connectivity index (χ1) is 28.7. The summed E-state index contributed by atoms with van der Waals surface area (Å²) in [6, 6.07) is 80.8. The van der Waals surface area contributed by atoms with Crippen molar-refractivity contribution in [3.8, 4) is 44.5 Å². The first kappa shape index (κ1) is 33.6. The van der Waals surface area contributed by atoms with Crippen molar-refractivity contribution in [1.82, 2.24) is 0 Å². The van der Waals surface area contributed by atoms with Crippen molar-refractivity contribution in [2.75, 3.05) is 4.90 Å². The molecule has 0 spiro atoms. The SMILES string of the molecule is c1ccc(N(c2ccc(-c3ccc(-c4ccc5ccccc5c4)cc3)cc2)c2ccc(-c3cccc4oc5ccccc5c34)cc2)c(-c2ccc3ccccc3c2)c1. The van der Waals surface area contributed by atoms with Gasteiger partial charge in [-0.3, -0.25) is 0 Å². The predicted molar refractivity (Wildman–Crippen MR) is 245 cm³/mol. The second kappa shape index (κ2) is 14.1. The van der Waals surface area contributed by atoms with Crippen LogP contribution in [0.2, 0.25) is 0 Å². The van der Waals surface area contributed by atoms with Gasteiger partial charge in [0.25, 0.3) is 0 Å². The van der Waals surface area contributed by atoms with E-state index in [2.05, 4.69) is 217 Å². The van der Waals surface area contributed by atoms with Crippen LogP contribution < -0.4 is 4.90 Å². The fraction of sp³-hybridized carbons (Fsp3) is 0. The highest BCUT2D eigenvalue weighted by molar-refractivity contribution is 6.12. The summed E-state index contributed by atoms with van der Waals surface area (Å²) in [5, 5.41) is 7.25. The molecule has 58 heavy (non-hydrogen) atoms. The van der Waals surface area contributed by atoms with Gasteiger partial charge in [-0.2, -0.15) is 0 Å². The number of hydrogen-bond acceptors (Lipinski definition) is 2. The van der Waals surface area contributed by atoms with Crippen molar-refractivity contribution < 1.29 is 4.42 Å². The highest BCUT2D eigenvalue weighted by atomic mass is 16.3. The van der Waals surface area contributed by atoms with Crippen molar-refractivity contribution in [1.29, 1.82) is 0 Å². The molecule has 1 aromatic heterocycles. The quantitative estimate of drug-likeness (QED) is 0.162. The van der Waals surface area contributed by atoms with Crippen molar-refractivity contribution >= 4 is 60.5 Å². The number of anilines is 3. The van der Waals surface area contributed by atoms with E-state index in [1.165, 1.54) is 54.9 Å². The van der Waals surface area contributed by atoms with Crippen LogP contribution in [0.1, 0.15) is 0 Å². The first-order valence-corrected chi connectivity index (χ1v) is 19.8. The number of hydrogen-bond donors (Lipinski definition) is 0. The van der Waals surface area contributed by atoms with Crippen molar-refractivity contribution in [3.05, 3.63) is 224 Å². The van der Waals surface area contributed by atoms with Crippen LogP contribution in [-0.2, 0) is 0 Å². The number of rotatable bonds is 7. The third-order valence-electron chi connectivity index (χ3n) is 11.5. The Morgan fingerprint density at radius 1 is 0.293 bits per heavy atom. The largest absolute Gasteiger partial charge is 0.456 e. The summed E-state index contributed by atoms with van der Waals surface area (Å²) in [4.78, 5) is 2.38. The van der Waals surface area contributed by atoms with Gasteiger partial charge in [-0.15, -0.1) is 0 Å². The molecule has 1 heterocycles. The lowest BCUT2D eigenvalue weighted by atomic mass is 9.97. The van der Waals surface area contributed by atoms with E-state index in [0.29, 0.717) is 0 Å². The average Bonchev–Trinajstić information content (AvgIpc) is 3.69. The number of benzene rings is 10. The summed E-state index contributed by atoms with van der Waals surface area (Å²) >= 11 is 0. The Labute approximate surface area is 337 Å². The zero-order chi connectivity index (χ0) is 38.4. The minimum atomic E-state index is 0.900. The lowest BCUT2D eigenvalue weighted by Crippen LogP contribution is -2.11. The summed E-state index contributed by atoms with van der Waals surface area (Å²) in [7, 11) is 0. The molecule has 0 unspecified atom stereocenters. The number of nitrogens with zero attached hydrogens (tertiary/aromatic N) is 1. The van der Waals surface area contributed by atoms with Gasteiger partial charge in [-0.25, -0.2) is 0 Å². The summed E-state index contributed by atoms with van der Waals surface area (Å²) in [5.74, 6) is 0. The zero-order valence-corrected chi connectivity index (χ0v) is 31.7. The van der Waals surface area contributed by atoms with Gasteiger partial charge in [0, 0.05) is 27.7 Å². The van der Waals surface area contributed by atoms with Crippen LogP contribution >= 0.6 is 0 Å². The van der Waals surface area contributed by atoms with Gasteiger partial charge in [0.1, 0.15) is 11.2 Å². The van der Waals surface area contributed by atoms with E-state index in [1.54, 1.807) is 0 Å². The molecule has 11 rings (SSSR count). The maximum Gasteiger partial charge on any atom is 0.136 e. The predicted octanol–water partition coefficient (Wildman–Crippen LogP) is 16.0. The molecule has 0 N–H and O–H groups in total. The van der Waals surface area contributed by atoms with Crippen LogP contribution in [0.4, 0.5) is 17.1 Å². The zero-order valence-electron chi connectivity index (χ0n) is 31.7. The highest BCUT2D eigenvalue weighted by Gasteiger charge is 2.19. The Bertz CT molecular complexity index is 3270. The Morgan fingerprint density at radius 3 is 1.45 bits per heavy atom. The molecule has 0 amide bonds. The van der Waals surface area contributed by atoms with Gasteiger partial charge < -0.3 is 9.32 Å². The van der Waals surface area contributed by atoms with Gasteiger partial charge in [0.05, 0.1) is 5.69 Å². The minimum Gasteiger partial charge on any atom is -0.456 e.